The van der Waals surface area contributed by atoms with Crippen LogP contribution in [0.15, 0.2) is 12.4 Å². The average Bonchev–Trinajstić information content (AvgIpc) is 2.34. The van der Waals surface area contributed by atoms with E-state index in [9.17, 15) is 4.79 Å². The van der Waals surface area contributed by atoms with E-state index in [1.54, 1.807) is 6.20 Å². The van der Waals surface area contributed by atoms with Gasteiger partial charge in [-0.2, -0.15) is 0 Å². The van der Waals surface area contributed by atoms with E-state index < -0.39 is 0 Å². The summed E-state index contributed by atoms with van der Waals surface area (Å²) < 4.78 is 0. The van der Waals surface area contributed by atoms with Gasteiger partial charge in [-0.1, -0.05) is 13.3 Å². The normalized spacial score (nSPS) is 11.2. The second kappa shape index (κ2) is 6.50. The molecule has 1 aromatic rings. The number of rotatable bonds is 5. The molecule has 1 aromatic heterocycles. The molecule has 0 bridgehead atoms. The maximum Gasteiger partial charge on any atom is 0.271 e. The molecule has 0 aliphatic rings. The maximum absolute atomic E-state index is 11.9. The molecule has 1 N–H and O–H groups in total. The van der Waals surface area contributed by atoms with E-state index in [4.69, 9.17) is 0 Å². The zero-order valence-corrected chi connectivity index (χ0v) is 12.5. The van der Waals surface area contributed by atoms with Gasteiger partial charge in [0.05, 0.1) is 12.4 Å². The lowest BCUT2D eigenvalue weighted by molar-refractivity contribution is 0.0914. The third-order valence-corrected chi connectivity index (χ3v) is 2.60. The molecule has 19 heavy (non-hydrogen) atoms. The van der Waals surface area contributed by atoms with Gasteiger partial charge in [-0.05, 0) is 27.2 Å². The van der Waals surface area contributed by atoms with Gasteiger partial charge in [-0.3, -0.25) is 4.79 Å². The van der Waals surface area contributed by atoms with E-state index >= 15 is 0 Å². The number of carbonyl (C=O) groups is 1. The molecule has 0 aliphatic carbocycles. The van der Waals surface area contributed by atoms with Gasteiger partial charge in [0.2, 0.25) is 0 Å². The molecular weight excluding hydrogens is 240 g/mol. The second-order valence-electron chi connectivity index (χ2n) is 5.74. The summed E-state index contributed by atoms with van der Waals surface area (Å²) in [5.74, 6) is 0.600. The fourth-order valence-corrected chi connectivity index (χ4v) is 1.55. The van der Waals surface area contributed by atoms with Crippen molar-refractivity contribution in [2.75, 3.05) is 18.5 Å². The lowest BCUT2D eigenvalue weighted by atomic mass is 10.1. The van der Waals surface area contributed by atoms with Crippen LogP contribution < -0.4 is 10.2 Å². The van der Waals surface area contributed by atoms with Crippen LogP contribution in [0.25, 0.3) is 0 Å². The van der Waals surface area contributed by atoms with E-state index in [0.29, 0.717) is 5.69 Å². The summed E-state index contributed by atoms with van der Waals surface area (Å²) in [5, 5.41) is 2.86. The first kappa shape index (κ1) is 15.4. The fraction of sp³-hybridized carbons (Fsp3) is 0.643. The Morgan fingerprint density at radius 2 is 2.00 bits per heavy atom. The van der Waals surface area contributed by atoms with Crippen molar-refractivity contribution in [3.63, 3.8) is 0 Å². The van der Waals surface area contributed by atoms with Gasteiger partial charge in [-0.25, -0.2) is 9.97 Å². The van der Waals surface area contributed by atoms with Crippen LogP contribution in [-0.4, -0.2) is 35.0 Å². The Morgan fingerprint density at radius 3 is 2.47 bits per heavy atom. The van der Waals surface area contributed by atoms with Crippen molar-refractivity contribution < 1.29 is 4.79 Å². The smallest absolute Gasteiger partial charge is 0.271 e. The summed E-state index contributed by atoms with van der Waals surface area (Å²) >= 11 is 0. The molecule has 0 atom stereocenters. The van der Waals surface area contributed by atoms with Gasteiger partial charge in [0.25, 0.3) is 5.91 Å². The standard InChI is InChI=1S/C14H24N4O/c1-6-7-8-18(5)12-10-15-11(9-16-12)13(19)17-14(2,3)4/h9-10H,6-8H2,1-5H3,(H,17,19). The first-order valence-corrected chi connectivity index (χ1v) is 6.69. The number of amides is 1. The molecule has 0 saturated heterocycles. The Labute approximate surface area is 115 Å². The lowest BCUT2D eigenvalue weighted by Crippen LogP contribution is -2.41. The minimum Gasteiger partial charge on any atom is -0.358 e. The monoisotopic (exact) mass is 264 g/mol. The van der Waals surface area contributed by atoms with Crippen molar-refractivity contribution >= 4 is 11.7 Å². The Bertz CT molecular complexity index is 408. The van der Waals surface area contributed by atoms with Gasteiger partial charge in [0.15, 0.2) is 0 Å². The van der Waals surface area contributed by atoms with E-state index in [2.05, 4.69) is 22.2 Å². The summed E-state index contributed by atoms with van der Waals surface area (Å²) in [6, 6.07) is 0. The third-order valence-electron chi connectivity index (χ3n) is 2.60. The first-order valence-electron chi connectivity index (χ1n) is 6.69. The van der Waals surface area contributed by atoms with Crippen molar-refractivity contribution in [1.29, 1.82) is 0 Å². The Balaban J connectivity index is 2.68. The van der Waals surface area contributed by atoms with Crippen LogP contribution in [0.5, 0.6) is 0 Å². The number of unbranched alkanes of at least 4 members (excludes halogenated alkanes) is 1. The van der Waals surface area contributed by atoms with Gasteiger partial charge >= 0.3 is 0 Å². The van der Waals surface area contributed by atoms with Crippen LogP contribution in [0, 0.1) is 0 Å². The van der Waals surface area contributed by atoms with Crippen LogP contribution in [0.1, 0.15) is 51.0 Å². The summed E-state index contributed by atoms with van der Waals surface area (Å²) in [7, 11) is 1.98. The van der Waals surface area contributed by atoms with Crippen molar-refractivity contribution in [1.82, 2.24) is 15.3 Å². The van der Waals surface area contributed by atoms with Crippen LogP contribution in [0.4, 0.5) is 5.82 Å². The Morgan fingerprint density at radius 1 is 1.32 bits per heavy atom. The van der Waals surface area contributed by atoms with E-state index in [-0.39, 0.29) is 11.4 Å². The van der Waals surface area contributed by atoms with Crippen LogP contribution in [-0.2, 0) is 0 Å². The highest BCUT2D eigenvalue weighted by Crippen LogP contribution is 2.09. The number of nitrogens with one attached hydrogen (secondary N) is 1. The summed E-state index contributed by atoms with van der Waals surface area (Å²) in [6.07, 6.45) is 5.43. The molecule has 0 fully saturated rings. The van der Waals surface area contributed by atoms with E-state index in [1.807, 2.05) is 32.7 Å². The van der Waals surface area contributed by atoms with E-state index in [1.165, 1.54) is 6.20 Å². The molecule has 0 aliphatic heterocycles. The Kier molecular flexibility index (Phi) is 5.27. The van der Waals surface area contributed by atoms with Gasteiger partial charge in [0, 0.05) is 19.1 Å². The number of nitrogens with zero attached hydrogens (tertiary/aromatic N) is 3. The molecule has 1 heterocycles. The maximum atomic E-state index is 11.9. The Hall–Kier alpha value is -1.65. The number of aromatic nitrogens is 2. The first-order chi connectivity index (χ1) is 8.83. The fourth-order valence-electron chi connectivity index (χ4n) is 1.55. The van der Waals surface area contributed by atoms with Gasteiger partial charge in [-0.15, -0.1) is 0 Å². The van der Waals surface area contributed by atoms with Crippen molar-refractivity contribution in [3.8, 4) is 0 Å². The lowest BCUT2D eigenvalue weighted by Gasteiger charge is -2.20. The van der Waals surface area contributed by atoms with Crippen molar-refractivity contribution in [2.45, 2.75) is 46.1 Å². The highest BCUT2D eigenvalue weighted by molar-refractivity contribution is 5.92. The molecule has 0 saturated carbocycles. The van der Waals surface area contributed by atoms with Crippen LogP contribution in [0.3, 0.4) is 0 Å². The minimum atomic E-state index is -0.268. The van der Waals surface area contributed by atoms with E-state index in [0.717, 1.165) is 25.2 Å². The highest BCUT2D eigenvalue weighted by Gasteiger charge is 2.16. The summed E-state index contributed by atoms with van der Waals surface area (Å²) in [6.45, 7) is 8.90. The topological polar surface area (TPSA) is 58.1 Å². The van der Waals surface area contributed by atoms with Crippen LogP contribution >= 0.6 is 0 Å². The molecule has 1 amide bonds. The van der Waals surface area contributed by atoms with Gasteiger partial charge in [0.1, 0.15) is 11.5 Å². The zero-order valence-electron chi connectivity index (χ0n) is 12.5. The molecular formula is C14H24N4O. The predicted octanol–water partition coefficient (Wildman–Crippen LogP) is 2.24. The number of anilines is 1. The molecule has 0 radical (unpaired) electrons. The van der Waals surface area contributed by atoms with Crippen molar-refractivity contribution in [2.24, 2.45) is 0 Å². The second-order valence-corrected chi connectivity index (χ2v) is 5.74. The van der Waals surface area contributed by atoms with Gasteiger partial charge < -0.3 is 10.2 Å². The molecule has 0 spiro atoms. The quantitative estimate of drug-likeness (QED) is 0.886. The predicted molar refractivity (Wildman–Crippen MR) is 77.4 cm³/mol. The molecule has 5 nitrogen and oxygen atoms in total. The number of carbonyl (C=O) groups excluding carboxylic acids is 1. The summed E-state index contributed by atoms with van der Waals surface area (Å²) in [5.41, 5.74) is 0.0811. The largest absolute Gasteiger partial charge is 0.358 e. The highest BCUT2D eigenvalue weighted by atomic mass is 16.2. The third kappa shape index (κ3) is 5.24. The molecule has 0 aromatic carbocycles. The number of hydrogen-bond donors (Lipinski definition) is 1. The molecule has 0 unspecified atom stereocenters. The number of hydrogen-bond acceptors (Lipinski definition) is 4. The van der Waals surface area contributed by atoms with Crippen LogP contribution in [0.2, 0.25) is 0 Å². The molecule has 1 rings (SSSR count). The molecule has 5 heteroatoms. The SMILES string of the molecule is CCCCN(C)c1cnc(C(=O)NC(C)(C)C)cn1. The van der Waals surface area contributed by atoms with Crippen molar-refractivity contribution in [3.05, 3.63) is 18.1 Å². The average molecular weight is 264 g/mol. The zero-order chi connectivity index (χ0) is 14.5. The summed E-state index contributed by atoms with van der Waals surface area (Å²) in [4.78, 5) is 22.4. The molecule has 106 valence electrons. The minimum absolute atomic E-state index is 0.192.